The Morgan fingerprint density at radius 1 is 1.13 bits per heavy atom. The summed E-state index contributed by atoms with van der Waals surface area (Å²) in [6, 6.07) is 9.75. The van der Waals surface area contributed by atoms with E-state index in [4.69, 9.17) is 27.9 Å². The van der Waals surface area contributed by atoms with Crippen LogP contribution in [0.25, 0.3) is 0 Å². The summed E-state index contributed by atoms with van der Waals surface area (Å²) in [6.45, 7) is 4.37. The highest BCUT2D eigenvalue weighted by molar-refractivity contribution is 6.45. The summed E-state index contributed by atoms with van der Waals surface area (Å²) in [4.78, 5) is 23.7. The zero-order valence-corrected chi connectivity index (χ0v) is 18.9. The van der Waals surface area contributed by atoms with E-state index in [0.717, 1.165) is 18.4 Å². The van der Waals surface area contributed by atoms with Gasteiger partial charge in [0.2, 0.25) is 0 Å². The van der Waals surface area contributed by atoms with Gasteiger partial charge in [-0.2, -0.15) is 0 Å². The lowest BCUT2D eigenvalue weighted by molar-refractivity contribution is -0.119. The van der Waals surface area contributed by atoms with Crippen LogP contribution in [-0.2, 0) is 11.2 Å². The molecule has 2 aromatic carbocycles. The average molecular weight is 453 g/mol. The van der Waals surface area contributed by atoms with Gasteiger partial charge in [-0.3, -0.25) is 9.59 Å². The lowest BCUT2D eigenvalue weighted by Gasteiger charge is -2.12. The first kappa shape index (κ1) is 24.4. The van der Waals surface area contributed by atoms with E-state index in [2.05, 4.69) is 6.92 Å². The molecule has 0 bridgehead atoms. The predicted molar refractivity (Wildman–Crippen MR) is 119 cm³/mol. The fourth-order valence-corrected chi connectivity index (χ4v) is 3.73. The zero-order valence-electron chi connectivity index (χ0n) is 17.3. The van der Waals surface area contributed by atoms with Crippen molar-refractivity contribution in [3.63, 3.8) is 0 Å². The third-order valence-corrected chi connectivity index (χ3v) is 5.72. The van der Waals surface area contributed by atoms with E-state index >= 15 is 0 Å². The number of hydrogen-bond donors (Lipinski definition) is 0. The van der Waals surface area contributed by atoms with Crippen molar-refractivity contribution in [3.8, 4) is 5.75 Å². The number of halogens is 3. The van der Waals surface area contributed by atoms with Crippen LogP contribution in [-0.4, -0.2) is 18.2 Å². The summed E-state index contributed by atoms with van der Waals surface area (Å²) in [5, 5.41) is 0.567. The monoisotopic (exact) mass is 452 g/mol. The van der Waals surface area contributed by atoms with Gasteiger partial charge in [-0.1, -0.05) is 61.7 Å². The molecule has 1 aliphatic rings. The maximum Gasteiger partial charge on any atom is 0.167 e. The second kappa shape index (κ2) is 12.1. The summed E-state index contributed by atoms with van der Waals surface area (Å²) >= 11 is 12.5. The molecule has 3 nitrogen and oxygen atoms in total. The number of Topliss-reactive ketones (excluding diaryl/α,β-unsaturated/α-hetero) is 2. The minimum atomic E-state index is -0.178. The number of ketones is 2. The lowest BCUT2D eigenvalue weighted by atomic mass is 10.1. The Kier molecular flexibility index (Phi) is 9.80. The molecule has 0 N–H and O–H groups in total. The van der Waals surface area contributed by atoms with Crippen LogP contribution in [0.2, 0.25) is 10.0 Å². The maximum atomic E-state index is 12.1. The third kappa shape index (κ3) is 6.82. The van der Waals surface area contributed by atoms with Crippen LogP contribution in [0.5, 0.6) is 5.75 Å². The Morgan fingerprint density at radius 3 is 2.40 bits per heavy atom. The Morgan fingerprint density at radius 2 is 1.80 bits per heavy atom. The van der Waals surface area contributed by atoms with Crippen molar-refractivity contribution in [2.24, 2.45) is 5.92 Å². The van der Waals surface area contributed by atoms with Crippen LogP contribution < -0.4 is 4.74 Å². The van der Waals surface area contributed by atoms with Gasteiger partial charge >= 0.3 is 0 Å². The highest BCUT2D eigenvalue weighted by Crippen LogP contribution is 2.42. The lowest BCUT2D eigenvalue weighted by Crippen LogP contribution is -2.05. The van der Waals surface area contributed by atoms with Gasteiger partial charge in [0.1, 0.15) is 22.4 Å². The van der Waals surface area contributed by atoms with Crippen molar-refractivity contribution in [2.45, 2.75) is 52.4 Å². The number of ether oxygens (including phenoxy) is 1. The van der Waals surface area contributed by atoms with Crippen LogP contribution in [0.3, 0.4) is 0 Å². The molecule has 0 fully saturated rings. The summed E-state index contributed by atoms with van der Waals surface area (Å²) < 4.78 is 17.6. The van der Waals surface area contributed by atoms with E-state index < -0.39 is 0 Å². The molecule has 0 saturated heterocycles. The highest BCUT2D eigenvalue weighted by atomic mass is 35.5. The minimum absolute atomic E-state index is 0.0416. The minimum Gasteiger partial charge on any atom is -0.492 e. The van der Waals surface area contributed by atoms with Crippen molar-refractivity contribution in [3.05, 3.63) is 63.4 Å². The van der Waals surface area contributed by atoms with Gasteiger partial charge in [-0.15, -0.1) is 0 Å². The molecule has 0 radical (unpaired) electrons. The first-order chi connectivity index (χ1) is 14.3. The molecule has 162 valence electrons. The molecular formula is C24H27Cl2FO3. The standard InChI is InChI=1S/C18H22Cl2O3.C6H5F/c1-3-4-6-13(21)7-5-8-23-14-10-12-9-11(2)18(22)15(12)17(20)16(14)19;7-6-4-2-1-3-5-6/h10-11H,3-9H2,1-2H3;1-5H. The van der Waals surface area contributed by atoms with Crippen molar-refractivity contribution in [2.75, 3.05) is 6.61 Å². The van der Waals surface area contributed by atoms with Crippen LogP contribution in [0.1, 0.15) is 61.9 Å². The molecule has 1 atom stereocenters. The largest absolute Gasteiger partial charge is 0.492 e. The van der Waals surface area contributed by atoms with Gasteiger partial charge in [-0.05, 0) is 43.0 Å². The summed E-state index contributed by atoms with van der Waals surface area (Å²) in [5.74, 6) is 0.568. The molecule has 0 heterocycles. The molecule has 0 saturated carbocycles. The van der Waals surface area contributed by atoms with E-state index in [1.54, 1.807) is 18.2 Å². The number of hydrogen-bond acceptors (Lipinski definition) is 3. The van der Waals surface area contributed by atoms with Crippen LogP contribution in [0, 0.1) is 11.7 Å². The van der Waals surface area contributed by atoms with Gasteiger partial charge in [0.05, 0.1) is 11.6 Å². The van der Waals surface area contributed by atoms with Gasteiger partial charge in [0.25, 0.3) is 0 Å². The molecule has 30 heavy (non-hydrogen) atoms. The summed E-state index contributed by atoms with van der Waals surface area (Å²) in [6.07, 6.45) is 4.45. The van der Waals surface area contributed by atoms with Gasteiger partial charge < -0.3 is 4.74 Å². The number of carbonyl (C=O) groups excluding carboxylic acids is 2. The summed E-state index contributed by atoms with van der Waals surface area (Å²) in [7, 11) is 0. The number of benzene rings is 2. The van der Waals surface area contributed by atoms with Crippen molar-refractivity contribution < 1.29 is 18.7 Å². The highest BCUT2D eigenvalue weighted by Gasteiger charge is 2.31. The van der Waals surface area contributed by atoms with E-state index in [0.29, 0.717) is 43.6 Å². The average Bonchev–Trinajstić information content (AvgIpc) is 3.02. The molecule has 0 spiro atoms. The molecule has 1 unspecified atom stereocenters. The first-order valence-corrected chi connectivity index (χ1v) is 11.0. The Hall–Kier alpha value is -1.91. The topological polar surface area (TPSA) is 43.4 Å². The Balaban J connectivity index is 0.000000386. The van der Waals surface area contributed by atoms with E-state index in [-0.39, 0.29) is 33.3 Å². The predicted octanol–water partition coefficient (Wildman–Crippen LogP) is 7.11. The fourth-order valence-electron chi connectivity index (χ4n) is 3.22. The van der Waals surface area contributed by atoms with Crippen LogP contribution >= 0.6 is 23.2 Å². The molecule has 2 aromatic rings. The number of rotatable bonds is 8. The van der Waals surface area contributed by atoms with Gasteiger partial charge in [-0.25, -0.2) is 4.39 Å². The molecule has 0 aliphatic heterocycles. The molecule has 0 amide bonds. The smallest absolute Gasteiger partial charge is 0.167 e. The third-order valence-electron chi connectivity index (χ3n) is 4.87. The van der Waals surface area contributed by atoms with Gasteiger partial charge in [0, 0.05) is 24.3 Å². The zero-order chi connectivity index (χ0) is 22.1. The molecule has 0 aromatic heterocycles. The Bertz CT molecular complexity index is 868. The van der Waals surface area contributed by atoms with Gasteiger partial charge in [0.15, 0.2) is 5.78 Å². The molecule has 6 heteroatoms. The van der Waals surface area contributed by atoms with Crippen molar-refractivity contribution in [1.82, 2.24) is 0 Å². The quantitative estimate of drug-likeness (QED) is 0.400. The SMILES string of the molecule is CCCCC(=O)CCCOc1cc2c(c(Cl)c1Cl)C(=O)C(C)C2.Fc1ccccc1. The maximum absolute atomic E-state index is 12.1. The van der Waals surface area contributed by atoms with Crippen LogP contribution in [0.4, 0.5) is 4.39 Å². The van der Waals surface area contributed by atoms with Crippen molar-refractivity contribution in [1.29, 1.82) is 0 Å². The van der Waals surface area contributed by atoms with Crippen molar-refractivity contribution >= 4 is 34.8 Å². The first-order valence-electron chi connectivity index (χ1n) is 10.2. The number of carbonyl (C=O) groups is 2. The van der Waals surface area contributed by atoms with E-state index in [1.807, 2.05) is 13.0 Å². The normalized spacial score (nSPS) is 14.7. The fraction of sp³-hybridized carbons (Fsp3) is 0.417. The molecule has 3 rings (SSSR count). The Labute approximate surface area is 187 Å². The number of unbranched alkanes of at least 4 members (excludes halogenated alkanes) is 1. The molecule has 1 aliphatic carbocycles. The number of fused-ring (bicyclic) bond motifs is 1. The second-order valence-corrected chi connectivity index (χ2v) is 8.15. The van der Waals surface area contributed by atoms with Crippen LogP contribution in [0.15, 0.2) is 36.4 Å². The molecular weight excluding hydrogens is 426 g/mol. The van der Waals surface area contributed by atoms with E-state index in [9.17, 15) is 14.0 Å². The summed E-state index contributed by atoms with van der Waals surface area (Å²) in [5.41, 5.74) is 1.43. The van der Waals surface area contributed by atoms with E-state index in [1.165, 1.54) is 12.1 Å². The second-order valence-electron chi connectivity index (χ2n) is 7.40.